The molecule has 1 N–H and O–H groups in total. The molecule has 34 heavy (non-hydrogen) atoms. The molecule has 0 amide bonds. The highest BCUT2D eigenvalue weighted by molar-refractivity contribution is 7.90. The van der Waals surface area contributed by atoms with E-state index in [1.165, 1.54) is 11.9 Å². The number of nitrogens with one attached hydrogen (secondary N) is 1. The number of nitriles is 1. The Labute approximate surface area is 202 Å². The van der Waals surface area contributed by atoms with Crippen LogP contribution >= 0.6 is 0 Å². The monoisotopic (exact) mass is 479 g/mol. The summed E-state index contributed by atoms with van der Waals surface area (Å²) < 4.78 is 26.3. The van der Waals surface area contributed by atoms with E-state index < -0.39 is 15.3 Å². The minimum atomic E-state index is -3.29. The fourth-order valence-electron chi connectivity index (χ4n) is 4.57. The molecule has 0 spiro atoms. The summed E-state index contributed by atoms with van der Waals surface area (Å²) in [6.07, 6.45) is 3.14. The summed E-state index contributed by atoms with van der Waals surface area (Å²) >= 11 is 0. The van der Waals surface area contributed by atoms with E-state index in [2.05, 4.69) is 59.0 Å². The van der Waals surface area contributed by atoms with Crippen molar-refractivity contribution in [2.75, 3.05) is 29.6 Å². The Balaban J connectivity index is 1.58. The summed E-state index contributed by atoms with van der Waals surface area (Å²) in [4.78, 5) is 7.44. The molecule has 180 valence electrons. The number of nitrogens with zero attached hydrogens (tertiary/aromatic N) is 4. The van der Waals surface area contributed by atoms with Crippen LogP contribution in [0.25, 0.3) is 11.0 Å². The maximum absolute atomic E-state index is 12.0. The Morgan fingerprint density at radius 2 is 1.76 bits per heavy atom. The molecule has 1 saturated heterocycles. The molecule has 3 aromatic rings. The van der Waals surface area contributed by atoms with Crippen molar-refractivity contribution >= 4 is 32.5 Å². The molecule has 0 aliphatic carbocycles. The summed E-state index contributed by atoms with van der Waals surface area (Å²) in [7, 11) is -3.29. The van der Waals surface area contributed by atoms with E-state index in [-0.39, 0.29) is 12.1 Å². The molecule has 0 atom stereocenters. The molecule has 2 heterocycles. The van der Waals surface area contributed by atoms with Gasteiger partial charge in [0.1, 0.15) is 0 Å². The Morgan fingerprint density at radius 1 is 1.12 bits per heavy atom. The fraction of sp³-hybridized carbons (Fsp3) is 0.462. The lowest BCUT2D eigenvalue weighted by Crippen LogP contribution is -2.35. The van der Waals surface area contributed by atoms with E-state index >= 15 is 0 Å². The minimum absolute atomic E-state index is 0.209. The van der Waals surface area contributed by atoms with Crippen LogP contribution in [-0.4, -0.2) is 43.4 Å². The lowest BCUT2D eigenvalue weighted by atomic mass is 9.86. The van der Waals surface area contributed by atoms with Gasteiger partial charge in [-0.3, -0.25) is 0 Å². The number of sulfone groups is 1. The van der Waals surface area contributed by atoms with Crippen molar-refractivity contribution in [3.05, 3.63) is 48.0 Å². The molecule has 1 aromatic heterocycles. The smallest absolute Gasteiger partial charge is 0.204 e. The van der Waals surface area contributed by atoms with Gasteiger partial charge in [0.05, 0.1) is 27.4 Å². The van der Waals surface area contributed by atoms with Crippen molar-refractivity contribution in [1.82, 2.24) is 9.55 Å². The standard InChI is InChI=1S/C26H33N5O2S/c1-18(2)28-25-29-23-16-22(34(5,32)33)10-11-24(23)31(25)21-12-14-30(15-13-21)20-8-6-19(7-9-20)26(3,4)17-27/h6-11,16,18,21H,12-15H2,1-5H3,(H,28,29). The molecule has 2 aromatic carbocycles. The van der Waals surface area contributed by atoms with Gasteiger partial charge in [-0.05, 0) is 76.4 Å². The van der Waals surface area contributed by atoms with Gasteiger partial charge < -0.3 is 14.8 Å². The molecular weight excluding hydrogens is 446 g/mol. The summed E-state index contributed by atoms with van der Waals surface area (Å²) in [5.41, 5.74) is 3.35. The second kappa shape index (κ2) is 8.95. The zero-order valence-electron chi connectivity index (χ0n) is 20.5. The third kappa shape index (κ3) is 4.76. The van der Waals surface area contributed by atoms with Crippen LogP contribution < -0.4 is 10.2 Å². The number of aromatic nitrogens is 2. The summed E-state index contributed by atoms with van der Waals surface area (Å²) in [6.45, 7) is 9.84. The zero-order valence-corrected chi connectivity index (χ0v) is 21.4. The van der Waals surface area contributed by atoms with Gasteiger partial charge in [-0.15, -0.1) is 0 Å². The second-order valence-corrected chi connectivity index (χ2v) is 12.0. The average Bonchev–Trinajstić information content (AvgIpc) is 3.15. The molecular formula is C26H33N5O2S. The van der Waals surface area contributed by atoms with Crippen LogP contribution in [0.1, 0.15) is 52.1 Å². The molecule has 0 radical (unpaired) electrons. The van der Waals surface area contributed by atoms with Crippen molar-refractivity contribution in [3.8, 4) is 6.07 Å². The SMILES string of the molecule is CC(C)Nc1nc2cc(S(C)(=O)=O)ccc2n1C1CCN(c2ccc(C(C)(C)C#N)cc2)CC1. The van der Waals surface area contributed by atoms with Crippen molar-refractivity contribution in [2.24, 2.45) is 0 Å². The number of hydrogen-bond acceptors (Lipinski definition) is 6. The van der Waals surface area contributed by atoms with E-state index in [9.17, 15) is 13.7 Å². The van der Waals surface area contributed by atoms with E-state index in [0.717, 1.165) is 43.0 Å². The number of benzene rings is 2. The van der Waals surface area contributed by atoms with Crippen LogP contribution in [0.3, 0.4) is 0 Å². The van der Waals surface area contributed by atoms with Gasteiger partial charge in [0.25, 0.3) is 0 Å². The Hall–Kier alpha value is -3.05. The lowest BCUT2D eigenvalue weighted by Gasteiger charge is -2.35. The van der Waals surface area contributed by atoms with Crippen LogP contribution in [0.15, 0.2) is 47.4 Å². The van der Waals surface area contributed by atoms with Gasteiger partial charge in [-0.2, -0.15) is 5.26 Å². The maximum atomic E-state index is 12.0. The highest BCUT2D eigenvalue weighted by atomic mass is 32.2. The molecule has 0 unspecified atom stereocenters. The normalized spacial score (nSPS) is 15.6. The van der Waals surface area contributed by atoms with Crippen molar-refractivity contribution in [2.45, 2.75) is 62.9 Å². The van der Waals surface area contributed by atoms with Gasteiger partial charge in [0, 0.05) is 37.1 Å². The average molecular weight is 480 g/mol. The highest BCUT2D eigenvalue weighted by Gasteiger charge is 2.26. The highest BCUT2D eigenvalue weighted by Crippen LogP contribution is 2.34. The number of rotatable bonds is 6. The quantitative estimate of drug-likeness (QED) is 0.541. The van der Waals surface area contributed by atoms with Crippen molar-refractivity contribution < 1.29 is 8.42 Å². The summed E-state index contributed by atoms with van der Waals surface area (Å²) in [6, 6.07) is 16.4. The third-order valence-electron chi connectivity index (χ3n) is 6.57. The Bertz CT molecular complexity index is 1330. The maximum Gasteiger partial charge on any atom is 0.204 e. The lowest BCUT2D eigenvalue weighted by molar-refractivity contribution is 0.406. The third-order valence-corrected chi connectivity index (χ3v) is 7.68. The van der Waals surface area contributed by atoms with Gasteiger partial charge in [0.15, 0.2) is 9.84 Å². The molecule has 4 rings (SSSR count). The largest absolute Gasteiger partial charge is 0.371 e. The fourth-order valence-corrected chi connectivity index (χ4v) is 5.22. The number of anilines is 2. The molecule has 1 aliphatic rings. The first-order chi connectivity index (χ1) is 16.0. The Kier molecular flexibility index (Phi) is 6.34. The van der Waals surface area contributed by atoms with Gasteiger partial charge in [-0.1, -0.05) is 12.1 Å². The predicted molar refractivity (Wildman–Crippen MR) is 137 cm³/mol. The first-order valence-electron chi connectivity index (χ1n) is 11.7. The second-order valence-electron chi connectivity index (χ2n) is 10.0. The molecule has 1 fully saturated rings. The van der Waals surface area contributed by atoms with Gasteiger partial charge >= 0.3 is 0 Å². The minimum Gasteiger partial charge on any atom is -0.371 e. The molecule has 7 nitrogen and oxygen atoms in total. The molecule has 8 heteroatoms. The van der Waals surface area contributed by atoms with Crippen LogP contribution in [0.2, 0.25) is 0 Å². The predicted octanol–water partition coefficient (Wildman–Crippen LogP) is 4.90. The number of piperidine rings is 1. The van der Waals surface area contributed by atoms with Crippen LogP contribution in [-0.2, 0) is 15.3 Å². The van der Waals surface area contributed by atoms with Crippen molar-refractivity contribution in [1.29, 1.82) is 5.26 Å². The molecule has 0 saturated carbocycles. The molecule has 1 aliphatic heterocycles. The zero-order chi connectivity index (χ0) is 24.7. The van der Waals surface area contributed by atoms with Gasteiger partial charge in [-0.25, -0.2) is 13.4 Å². The van der Waals surface area contributed by atoms with E-state index in [4.69, 9.17) is 4.98 Å². The number of hydrogen-bond donors (Lipinski definition) is 1. The van der Waals surface area contributed by atoms with E-state index in [1.807, 2.05) is 19.9 Å². The van der Waals surface area contributed by atoms with Gasteiger partial charge in [0.2, 0.25) is 5.95 Å². The summed E-state index contributed by atoms with van der Waals surface area (Å²) in [5.74, 6) is 0.789. The first-order valence-corrected chi connectivity index (χ1v) is 13.6. The Morgan fingerprint density at radius 3 is 2.32 bits per heavy atom. The number of fused-ring (bicyclic) bond motifs is 1. The van der Waals surface area contributed by atoms with E-state index in [1.54, 1.807) is 12.1 Å². The van der Waals surface area contributed by atoms with Crippen LogP contribution in [0, 0.1) is 11.3 Å². The van der Waals surface area contributed by atoms with E-state index in [0.29, 0.717) is 10.4 Å². The topological polar surface area (TPSA) is 91.0 Å². The van der Waals surface area contributed by atoms with Crippen LogP contribution in [0.4, 0.5) is 11.6 Å². The summed E-state index contributed by atoms with van der Waals surface area (Å²) in [5, 5.41) is 12.8. The van der Waals surface area contributed by atoms with Crippen LogP contribution in [0.5, 0.6) is 0 Å². The van der Waals surface area contributed by atoms with Crippen molar-refractivity contribution in [3.63, 3.8) is 0 Å². The molecule has 0 bridgehead atoms. The first kappa shape index (κ1) is 24.1. The number of imidazole rings is 1.